The lowest BCUT2D eigenvalue weighted by atomic mass is 10.2. The van der Waals surface area contributed by atoms with Crippen molar-refractivity contribution < 1.29 is 17.9 Å². The number of nitrogens with two attached hydrogens (primary N) is 1. The van der Waals surface area contributed by atoms with Gasteiger partial charge in [-0.1, -0.05) is 0 Å². The lowest BCUT2D eigenvalue weighted by Gasteiger charge is -2.11. The van der Waals surface area contributed by atoms with E-state index >= 15 is 0 Å². The first-order valence-electron chi connectivity index (χ1n) is 7.72. The number of rotatable bonds is 8. The molecule has 1 saturated heterocycles. The van der Waals surface area contributed by atoms with Gasteiger partial charge in [0.2, 0.25) is 10.0 Å². The van der Waals surface area contributed by atoms with E-state index in [2.05, 4.69) is 10.0 Å². The van der Waals surface area contributed by atoms with Gasteiger partial charge in [-0.2, -0.15) is 0 Å². The van der Waals surface area contributed by atoms with Gasteiger partial charge in [0, 0.05) is 25.3 Å². The average molecular weight is 341 g/mol. The number of ether oxygens (including phenoxy) is 1. The summed E-state index contributed by atoms with van der Waals surface area (Å²) in [7, 11) is -3.59. The normalized spacial score (nSPS) is 18.0. The minimum Gasteiger partial charge on any atom is -0.377 e. The van der Waals surface area contributed by atoms with Gasteiger partial charge in [0.25, 0.3) is 5.91 Å². The first-order chi connectivity index (χ1) is 11.0. The Balaban J connectivity index is 1.93. The van der Waals surface area contributed by atoms with Crippen LogP contribution in [0.15, 0.2) is 29.2 Å². The van der Waals surface area contributed by atoms with Crippen LogP contribution < -0.4 is 15.8 Å². The van der Waals surface area contributed by atoms with Gasteiger partial charge in [0.05, 0.1) is 11.0 Å². The molecule has 1 aliphatic heterocycles. The molecule has 0 radical (unpaired) electrons. The molecule has 0 spiro atoms. The van der Waals surface area contributed by atoms with Gasteiger partial charge in [0.15, 0.2) is 0 Å². The third kappa shape index (κ3) is 5.28. The minimum absolute atomic E-state index is 0.0580. The van der Waals surface area contributed by atoms with E-state index in [1.165, 1.54) is 24.3 Å². The van der Waals surface area contributed by atoms with Crippen molar-refractivity contribution in [3.8, 4) is 0 Å². The predicted molar refractivity (Wildman–Crippen MR) is 86.6 cm³/mol. The molecule has 1 fully saturated rings. The van der Waals surface area contributed by atoms with Gasteiger partial charge in [-0.15, -0.1) is 0 Å². The van der Waals surface area contributed by atoms with E-state index in [9.17, 15) is 13.2 Å². The number of amides is 1. The highest BCUT2D eigenvalue weighted by Gasteiger charge is 2.20. The average Bonchev–Trinajstić information content (AvgIpc) is 3.07. The van der Waals surface area contributed by atoms with Crippen molar-refractivity contribution in [3.05, 3.63) is 29.8 Å². The molecular formula is C15H23N3O4S. The molecule has 0 aliphatic carbocycles. The van der Waals surface area contributed by atoms with E-state index < -0.39 is 10.0 Å². The fourth-order valence-corrected chi connectivity index (χ4v) is 3.35. The number of sulfonamides is 1. The summed E-state index contributed by atoms with van der Waals surface area (Å²) in [6.07, 6.45) is 2.47. The Morgan fingerprint density at radius 1 is 1.30 bits per heavy atom. The summed E-state index contributed by atoms with van der Waals surface area (Å²) in [6.45, 7) is 1.95. The first-order valence-corrected chi connectivity index (χ1v) is 9.21. The molecule has 8 heteroatoms. The Kier molecular flexibility index (Phi) is 6.52. The molecule has 2 rings (SSSR count). The summed E-state index contributed by atoms with van der Waals surface area (Å²) in [5.74, 6) is -0.241. The Morgan fingerprint density at radius 3 is 2.65 bits per heavy atom. The Morgan fingerprint density at radius 2 is 2.04 bits per heavy atom. The number of benzene rings is 1. The van der Waals surface area contributed by atoms with Gasteiger partial charge in [-0.25, -0.2) is 13.1 Å². The number of hydrogen-bond donors (Lipinski definition) is 3. The smallest absolute Gasteiger partial charge is 0.251 e. The molecule has 1 aromatic carbocycles. The molecule has 1 heterocycles. The van der Waals surface area contributed by atoms with Gasteiger partial charge in [-0.3, -0.25) is 4.79 Å². The van der Waals surface area contributed by atoms with Crippen molar-refractivity contribution in [2.45, 2.75) is 30.3 Å². The van der Waals surface area contributed by atoms with E-state index in [0.717, 1.165) is 12.8 Å². The maximum Gasteiger partial charge on any atom is 0.251 e. The molecular weight excluding hydrogens is 318 g/mol. The Labute approximate surface area is 136 Å². The van der Waals surface area contributed by atoms with Crippen molar-refractivity contribution in [1.82, 2.24) is 10.0 Å². The maximum atomic E-state index is 12.2. The lowest BCUT2D eigenvalue weighted by Crippen LogP contribution is -2.32. The van der Waals surface area contributed by atoms with Gasteiger partial charge in [-0.05, 0) is 50.1 Å². The third-order valence-corrected chi connectivity index (χ3v) is 5.06. The molecule has 1 atom stereocenters. The summed E-state index contributed by atoms with van der Waals surface area (Å²) in [6, 6.07) is 5.85. The quantitative estimate of drug-likeness (QED) is 0.586. The molecule has 1 aromatic rings. The molecule has 0 saturated carbocycles. The Hall–Kier alpha value is -1.48. The van der Waals surface area contributed by atoms with Crippen LogP contribution >= 0.6 is 0 Å². The van der Waals surface area contributed by atoms with Crippen LogP contribution in [0.25, 0.3) is 0 Å². The minimum atomic E-state index is -3.59. The molecule has 1 unspecified atom stereocenters. The fraction of sp³-hybridized carbons (Fsp3) is 0.533. The van der Waals surface area contributed by atoms with Crippen molar-refractivity contribution >= 4 is 15.9 Å². The van der Waals surface area contributed by atoms with E-state index in [0.29, 0.717) is 31.7 Å². The topological polar surface area (TPSA) is 111 Å². The van der Waals surface area contributed by atoms with Crippen LogP contribution in [0.4, 0.5) is 0 Å². The van der Waals surface area contributed by atoms with Crippen molar-refractivity contribution in [1.29, 1.82) is 0 Å². The van der Waals surface area contributed by atoms with Crippen LogP contribution in [0.2, 0.25) is 0 Å². The van der Waals surface area contributed by atoms with Crippen LogP contribution in [0.3, 0.4) is 0 Å². The molecule has 23 heavy (non-hydrogen) atoms. The van der Waals surface area contributed by atoms with Crippen LogP contribution in [0.1, 0.15) is 29.6 Å². The second-order valence-corrected chi connectivity index (χ2v) is 7.18. The van der Waals surface area contributed by atoms with Gasteiger partial charge in [0.1, 0.15) is 0 Å². The molecule has 7 nitrogen and oxygen atoms in total. The van der Waals surface area contributed by atoms with Crippen LogP contribution in [0.5, 0.6) is 0 Å². The van der Waals surface area contributed by atoms with Crippen molar-refractivity contribution in [2.75, 3.05) is 26.2 Å². The summed E-state index contributed by atoms with van der Waals surface area (Å²) in [5, 5.41) is 2.72. The van der Waals surface area contributed by atoms with E-state index in [1.54, 1.807) is 0 Å². The van der Waals surface area contributed by atoms with E-state index in [4.69, 9.17) is 10.5 Å². The van der Waals surface area contributed by atoms with Gasteiger partial charge >= 0.3 is 0 Å². The third-order valence-electron chi connectivity index (χ3n) is 3.62. The second-order valence-electron chi connectivity index (χ2n) is 5.41. The zero-order chi connectivity index (χ0) is 16.7. The standard InChI is InChI=1S/C15H23N3O4S/c16-8-2-9-17-15(19)12-4-6-14(7-5-12)23(20,21)18-11-13-3-1-10-22-13/h4-7,13,18H,1-3,8-11,16H2,(H,17,19). The largest absolute Gasteiger partial charge is 0.377 e. The number of carbonyl (C=O) groups is 1. The summed E-state index contributed by atoms with van der Waals surface area (Å²) in [5.41, 5.74) is 5.78. The fourth-order valence-electron chi connectivity index (χ4n) is 2.28. The summed E-state index contributed by atoms with van der Waals surface area (Å²) in [4.78, 5) is 12.0. The van der Waals surface area contributed by atoms with Gasteiger partial charge < -0.3 is 15.8 Å². The highest BCUT2D eigenvalue weighted by Crippen LogP contribution is 2.14. The summed E-state index contributed by atoms with van der Waals surface area (Å²) < 4.78 is 32.3. The van der Waals surface area contributed by atoms with Crippen molar-refractivity contribution in [2.24, 2.45) is 5.73 Å². The maximum absolute atomic E-state index is 12.2. The molecule has 0 aromatic heterocycles. The zero-order valence-corrected chi connectivity index (χ0v) is 13.8. The van der Waals surface area contributed by atoms with Crippen LogP contribution in [-0.4, -0.2) is 46.7 Å². The molecule has 128 valence electrons. The highest BCUT2D eigenvalue weighted by atomic mass is 32.2. The number of nitrogens with one attached hydrogen (secondary N) is 2. The Bertz CT molecular complexity index is 610. The van der Waals surface area contributed by atoms with E-state index in [-0.39, 0.29) is 23.5 Å². The number of hydrogen-bond acceptors (Lipinski definition) is 5. The zero-order valence-electron chi connectivity index (χ0n) is 13.0. The molecule has 0 bridgehead atoms. The van der Waals surface area contributed by atoms with Crippen LogP contribution in [-0.2, 0) is 14.8 Å². The second kappa shape index (κ2) is 8.39. The lowest BCUT2D eigenvalue weighted by molar-refractivity contribution is 0.0953. The monoisotopic (exact) mass is 341 g/mol. The van der Waals surface area contributed by atoms with Crippen LogP contribution in [0, 0.1) is 0 Å². The van der Waals surface area contributed by atoms with E-state index in [1.807, 2.05) is 0 Å². The number of carbonyl (C=O) groups excluding carboxylic acids is 1. The van der Waals surface area contributed by atoms with Crippen molar-refractivity contribution in [3.63, 3.8) is 0 Å². The molecule has 1 amide bonds. The SMILES string of the molecule is NCCCNC(=O)c1ccc(S(=O)(=O)NCC2CCCO2)cc1. The first kappa shape index (κ1) is 17.9. The highest BCUT2D eigenvalue weighted by molar-refractivity contribution is 7.89. The predicted octanol–water partition coefficient (Wildman–Crippen LogP) is 0.223. The summed E-state index contributed by atoms with van der Waals surface area (Å²) >= 11 is 0. The molecule has 4 N–H and O–H groups in total. The molecule has 1 aliphatic rings.